The first kappa shape index (κ1) is 11.2. The van der Waals surface area contributed by atoms with Gasteiger partial charge in [-0.25, -0.2) is 0 Å². The van der Waals surface area contributed by atoms with Crippen LogP contribution in [-0.4, -0.2) is 33.4 Å². The minimum absolute atomic E-state index is 0.787. The molecule has 0 bridgehead atoms. The summed E-state index contributed by atoms with van der Waals surface area (Å²) < 4.78 is 32.4. The van der Waals surface area contributed by atoms with E-state index in [1.54, 1.807) is 23.5 Å². The first-order valence-electron chi connectivity index (χ1n) is 2.43. The van der Waals surface area contributed by atoms with Gasteiger partial charge in [0.1, 0.15) is 4.38 Å². The fraction of sp³-hybridized carbons (Fsp3) is 0.667. The van der Waals surface area contributed by atoms with Gasteiger partial charge >= 0.3 is 10.4 Å². The summed E-state index contributed by atoms with van der Waals surface area (Å²) in [4.78, 5) is 0. The summed E-state index contributed by atoms with van der Waals surface area (Å²) in [6, 6.07) is 0. The summed E-state index contributed by atoms with van der Waals surface area (Å²) in [5.41, 5.74) is 0. The van der Waals surface area contributed by atoms with Gasteiger partial charge in [-0.05, 0) is 0 Å². The zero-order valence-electron chi connectivity index (χ0n) is 5.35. The molecule has 1 fully saturated rings. The number of rotatable bonds is 0. The van der Waals surface area contributed by atoms with Gasteiger partial charge in [-0.15, -0.1) is 0 Å². The molecular weight excluding hydrogens is 210 g/mol. The highest BCUT2D eigenvalue weighted by Crippen LogP contribution is 2.23. The Morgan fingerprint density at radius 3 is 1.64 bits per heavy atom. The smallest absolute Gasteiger partial charge is 0.288 e. The SMILES string of the molecule is N=C1SCCS1.O=S(=O)(O)O. The summed E-state index contributed by atoms with van der Waals surface area (Å²) in [5.74, 6) is 2.28. The maximum Gasteiger partial charge on any atom is 0.394 e. The van der Waals surface area contributed by atoms with Crippen molar-refractivity contribution in [2.75, 3.05) is 11.5 Å². The van der Waals surface area contributed by atoms with Crippen LogP contribution in [0.3, 0.4) is 0 Å². The van der Waals surface area contributed by atoms with Crippen LogP contribution in [0.25, 0.3) is 0 Å². The third kappa shape index (κ3) is 13.3. The van der Waals surface area contributed by atoms with Gasteiger partial charge in [0.05, 0.1) is 0 Å². The van der Waals surface area contributed by atoms with Crippen molar-refractivity contribution in [3.8, 4) is 0 Å². The van der Waals surface area contributed by atoms with Crippen molar-refractivity contribution in [2.45, 2.75) is 0 Å². The van der Waals surface area contributed by atoms with Gasteiger partial charge < -0.3 is 0 Å². The Bertz CT molecular complexity index is 207. The van der Waals surface area contributed by atoms with E-state index in [1.165, 1.54) is 0 Å². The molecule has 0 aromatic heterocycles. The molecular formula is C3H7NO4S3. The quantitative estimate of drug-likeness (QED) is 0.518. The second-order valence-electron chi connectivity index (χ2n) is 1.43. The monoisotopic (exact) mass is 217 g/mol. The summed E-state index contributed by atoms with van der Waals surface area (Å²) in [7, 11) is -4.67. The van der Waals surface area contributed by atoms with Gasteiger partial charge in [0.25, 0.3) is 0 Å². The van der Waals surface area contributed by atoms with Crippen LogP contribution in [0.1, 0.15) is 0 Å². The molecule has 0 aliphatic carbocycles. The molecule has 1 heterocycles. The number of thioether (sulfide) groups is 2. The Morgan fingerprint density at radius 1 is 1.27 bits per heavy atom. The van der Waals surface area contributed by atoms with Crippen LogP contribution in [0.5, 0.6) is 0 Å². The molecule has 3 N–H and O–H groups in total. The van der Waals surface area contributed by atoms with Crippen molar-refractivity contribution in [3.05, 3.63) is 0 Å². The molecule has 0 saturated carbocycles. The van der Waals surface area contributed by atoms with Crippen LogP contribution in [0.2, 0.25) is 0 Å². The fourth-order valence-electron chi connectivity index (χ4n) is 0.310. The van der Waals surface area contributed by atoms with Gasteiger partial charge in [-0.1, -0.05) is 23.5 Å². The molecule has 11 heavy (non-hydrogen) atoms. The molecule has 0 spiro atoms. The van der Waals surface area contributed by atoms with E-state index in [0.29, 0.717) is 0 Å². The average molecular weight is 217 g/mol. The molecule has 0 atom stereocenters. The number of hydrogen-bond donors (Lipinski definition) is 3. The molecule has 66 valence electrons. The Morgan fingerprint density at radius 2 is 1.55 bits per heavy atom. The maximum atomic E-state index is 8.74. The highest BCUT2D eigenvalue weighted by Gasteiger charge is 2.04. The Balaban J connectivity index is 0.000000187. The fourth-order valence-corrected chi connectivity index (χ4v) is 2.18. The van der Waals surface area contributed by atoms with Crippen LogP contribution >= 0.6 is 23.5 Å². The zero-order chi connectivity index (χ0) is 8.91. The largest absolute Gasteiger partial charge is 0.394 e. The number of nitrogens with one attached hydrogen (secondary N) is 1. The van der Waals surface area contributed by atoms with Crippen molar-refractivity contribution in [2.24, 2.45) is 0 Å². The topological polar surface area (TPSA) is 98.5 Å². The molecule has 0 aromatic carbocycles. The highest BCUT2D eigenvalue weighted by atomic mass is 32.3. The molecule has 0 unspecified atom stereocenters. The molecule has 8 heteroatoms. The van der Waals surface area contributed by atoms with E-state index in [9.17, 15) is 0 Å². The average Bonchev–Trinajstić information content (AvgIpc) is 2.12. The van der Waals surface area contributed by atoms with Gasteiger partial charge in [0.15, 0.2) is 0 Å². The van der Waals surface area contributed by atoms with E-state index < -0.39 is 10.4 Å². The first-order valence-corrected chi connectivity index (χ1v) is 5.80. The maximum absolute atomic E-state index is 8.74. The van der Waals surface area contributed by atoms with Crippen molar-refractivity contribution in [1.82, 2.24) is 0 Å². The molecule has 1 aliphatic rings. The lowest BCUT2D eigenvalue weighted by Gasteiger charge is -1.76. The van der Waals surface area contributed by atoms with Crippen LogP contribution in [0.4, 0.5) is 0 Å². The second-order valence-corrected chi connectivity index (χ2v) is 4.80. The van der Waals surface area contributed by atoms with E-state index in [-0.39, 0.29) is 0 Å². The summed E-state index contributed by atoms with van der Waals surface area (Å²) >= 11 is 3.29. The normalized spacial score (nSPS) is 17.5. The lowest BCUT2D eigenvalue weighted by Crippen LogP contribution is -1.89. The van der Waals surface area contributed by atoms with E-state index in [0.717, 1.165) is 15.9 Å². The highest BCUT2D eigenvalue weighted by molar-refractivity contribution is 8.41. The van der Waals surface area contributed by atoms with E-state index in [2.05, 4.69) is 0 Å². The van der Waals surface area contributed by atoms with Crippen molar-refractivity contribution >= 4 is 38.3 Å². The molecule has 0 radical (unpaired) electrons. The molecule has 1 rings (SSSR count). The van der Waals surface area contributed by atoms with Crippen LogP contribution in [0.15, 0.2) is 0 Å². The van der Waals surface area contributed by atoms with Crippen molar-refractivity contribution < 1.29 is 17.5 Å². The van der Waals surface area contributed by atoms with Gasteiger partial charge in [0, 0.05) is 11.5 Å². The summed E-state index contributed by atoms with van der Waals surface area (Å²) in [5, 5.41) is 6.97. The standard InChI is InChI=1S/C3H5NS2.H2O4S/c4-3-5-1-2-6-3;1-5(2,3)4/h4H,1-2H2;(H2,1,2,3,4). The molecule has 0 aromatic rings. The Labute approximate surface area is 73.0 Å². The third-order valence-electron chi connectivity index (χ3n) is 0.550. The lowest BCUT2D eigenvalue weighted by molar-refractivity contribution is 0.381. The predicted molar refractivity (Wildman–Crippen MR) is 46.8 cm³/mol. The van der Waals surface area contributed by atoms with Gasteiger partial charge in [-0.3, -0.25) is 14.5 Å². The molecule has 5 nitrogen and oxygen atoms in total. The Kier molecular flexibility index (Phi) is 5.10. The number of hydrogen-bond acceptors (Lipinski definition) is 5. The summed E-state index contributed by atoms with van der Waals surface area (Å²) in [6.07, 6.45) is 0. The van der Waals surface area contributed by atoms with E-state index in [4.69, 9.17) is 22.9 Å². The van der Waals surface area contributed by atoms with Gasteiger partial charge in [0.2, 0.25) is 0 Å². The van der Waals surface area contributed by atoms with Crippen LogP contribution in [-0.2, 0) is 10.4 Å². The zero-order valence-corrected chi connectivity index (χ0v) is 7.80. The third-order valence-corrected chi connectivity index (χ3v) is 2.86. The minimum atomic E-state index is -4.67. The lowest BCUT2D eigenvalue weighted by atomic mass is 11.0. The van der Waals surface area contributed by atoms with Crippen molar-refractivity contribution in [3.63, 3.8) is 0 Å². The van der Waals surface area contributed by atoms with Gasteiger partial charge in [-0.2, -0.15) is 8.42 Å². The van der Waals surface area contributed by atoms with Crippen LogP contribution < -0.4 is 0 Å². The van der Waals surface area contributed by atoms with Crippen LogP contribution in [0, 0.1) is 5.41 Å². The van der Waals surface area contributed by atoms with E-state index in [1.807, 2.05) is 0 Å². The Hall–Kier alpha value is 0.240. The first-order chi connectivity index (χ1) is 4.89. The van der Waals surface area contributed by atoms with E-state index >= 15 is 0 Å². The molecule has 0 amide bonds. The predicted octanol–water partition coefficient (Wildman–Crippen LogP) is 0.748. The molecule has 1 aliphatic heterocycles. The summed E-state index contributed by atoms with van der Waals surface area (Å²) in [6.45, 7) is 0. The molecule has 1 saturated heterocycles. The van der Waals surface area contributed by atoms with Crippen molar-refractivity contribution in [1.29, 1.82) is 5.41 Å². The minimum Gasteiger partial charge on any atom is -0.288 e. The second kappa shape index (κ2) is 4.99.